The largest absolute Gasteiger partial charge is 0.464 e. The molecule has 0 saturated heterocycles. The van der Waals surface area contributed by atoms with Gasteiger partial charge in [-0.2, -0.15) is 5.10 Å². The summed E-state index contributed by atoms with van der Waals surface area (Å²) in [5.74, 6) is 0.463. The summed E-state index contributed by atoms with van der Waals surface area (Å²) in [5.41, 5.74) is 3.89. The van der Waals surface area contributed by atoms with Gasteiger partial charge in [-0.25, -0.2) is 14.3 Å². The summed E-state index contributed by atoms with van der Waals surface area (Å²) in [7, 11) is 1.78. The monoisotopic (exact) mass is 445 g/mol. The lowest BCUT2D eigenvalue weighted by molar-refractivity contribution is 0.198. The molecule has 0 bridgehead atoms. The minimum atomic E-state index is -1.10. The molecule has 158 valence electrons. The molecule has 5 aromatic rings. The van der Waals surface area contributed by atoms with Gasteiger partial charge in [-0.15, -0.1) is 0 Å². The lowest BCUT2D eigenvalue weighted by Crippen LogP contribution is -2.09. The standard InChI is InChI=1S/C22H16ClN7O2/c1-29-12-15(10-27-29)19-7-14-9-26-21(8-20(14)30(19)22(31)32)28-17-3-2-13(6-16(17)23)18-11-24-4-5-25-18/h2-12H,1H3,(H,26,28)(H,31,32). The van der Waals surface area contributed by atoms with E-state index in [2.05, 4.69) is 25.4 Å². The van der Waals surface area contributed by atoms with Crippen LogP contribution in [0.15, 0.2) is 67.5 Å². The third-order valence-corrected chi connectivity index (χ3v) is 5.28. The average molecular weight is 446 g/mol. The Kier molecular flexibility index (Phi) is 4.79. The summed E-state index contributed by atoms with van der Waals surface area (Å²) >= 11 is 6.47. The van der Waals surface area contributed by atoms with Crippen molar-refractivity contribution >= 4 is 40.1 Å². The molecule has 4 aromatic heterocycles. The van der Waals surface area contributed by atoms with Crippen LogP contribution >= 0.6 is 11.6 Å². The molecule has 1 aromatic carbocycles. The van der Waals surface area contributed by atoms with E-state index in [1.807, 2.05) is 12.1 Å². The van der Waals surface area contributed by atoms with Crippen LogP contribution in [0.5, 0.6) is 0 Å². The van der Waals surface area contributed by atoms with Gasteiger partial charge < -0.3 is 10.4 Å². The Morgan fingerprint density at radius 2 is 1.94 bits per heavy atom. The highest BCUT2D eigenvalue weighted by Crippen LogP contribution is 2.32. The minimum Gasteiger partial charge on any atom is -0.464 e. The summed E-state index contributed by atoms with van der Waals surface area (Å²) < 4.78 is 2.84. The fraction of sp³-hybridized carbons (Fsp3) is 0.0455. The van der Waals surface area contributed by atoms with Gasteiger partial charge in [-0.05, 0) is 18.2 Å². The van der Waals surface area contributed by atoms with Crippen LogP contribution < -0.4 is 5.32 Å². The lowest BCUT2D eigenvalue weighted by Gasteiger charge is -2.10. The number of hydrogen-bond donors (Lipinski definition) is 2. The maximum Gasteiger partial charge on any atom is 0.416 e. The van der Waals surface area contributed by atoms with E-state index in [-0.39, 0.29) is 0 Å². The first-order chi connectivity index (χ1) is 15.5. The fourth-order valence-corrected chi connectivity index (χ4v) is 3.73. The van der Waals surface area contributed by atoms with Gasteiger partial charge in [-0.1, -0.05) is 17.7 Å². The van der Waals surface area contributed by atoms with E-state index >= 15 is 0 Å². The Bertz CT molecular complexity index is 1460. The number of anilines is 2. The van der Waals surface area contributed by atoms with E-state index in [0.717, 1.165) is 5.56 Å². The Hall–Kier alpha value is -4.24. The second-order valence-corrected chi connectivity index (χ2v) is 7.50. The molecule has 0 amide bonds. The summed E-state index contributed by atoms with van der Waals surface area (Å²) in [4.78, 5) is 24.8. The lowest BCUT2D eigenvalue weighted by atomic mass is 10.1. The van der Waals surface area contributed by atoms with Crippen molar-refractivity contribution in [1.29, 1.82) is 0 Å². The van der Waals surface area contributed by atoms with Gasteiger partial charge in [-0.3, -0.25) is 14.6 Å². The Morgan fingerprint density at radius 1 is 1.06 bits per heavy atom. The first kappa shape index (κ1) is 19.7. The van der Waals surface area contributed by atoms with Crippen LogP contribution in [0.2, 0.25) is 5.02 Å². The van der Waals surface area contributed by atoms with Crippen LogP contribution in [0.1, 0.15) is 0 Å². The summed E-state index contributed by atoms with van der Waals surface area (Å²) in [6.45, 7) is 0. The number of pyridine rings is 1. The van der Waals surface area contributed by atoms with E-state index in [0.29, 0.717) is 44.4 Å². The number of carboxylic acid groups (broad SMARTS) is 1. The Balaban J connectivity index is 1.51. The van der Waals surface area contributed by atoms with Crippen molar-refractivity contribution in [3.63, 3.8) is 0 Å². The first-order valence-electron chi connectivity index (χ1n) is 9.56. The molecular weight excluding hydrogens is 430 g/mol. The van der Waals surface area contributed by atoms with Crippen molar-refractivity contribution in [2.75, 3.05) is 5.32 Å². The van der Waals surface area contributed by atoms with Gasteiger partial charge >= 0.3 is 6.09 Å². The molecule has 4 heterocycles. The molecule has 9 nitrogen and oxygen atoms in total. The highest BCUT2D eigenvalue weighted by molar-refractivity contribution is 6.33. The van der Waals surface area contributed by atoms with Gasteiger partial charge in [0.2, 0.25) is 0 Å². The first-order valence-corrected chi connectivity index (χ1v) is 9.94. The highest BCUT2D eigenvalue weighted by Gasteiger charge is 2.18. The molecule has 0 saturated carbocycles. The predicted octanol–water partition coefficient (Wildman–Crippen LogP) is 4.82. The molecule has 0 atom stereocenters. The summed E-state index contributed by atoms with van der Waals surface area (Å²) in [6, 6.07) is 8.93. The van der Waals surface area contributed by atoms with Gasteiger partial charge in [0.25, 0.3) is 0 Å². The number of nitrogens with zero attached hydrogens (tertiary/aromatic N) is 6. The van der Waals surface area contributed by atoms with Crippen molar-refractivity contribution in [2.45, 2.75) is 0 Å². The molecule has 32 heavy (non-hydrogen) atoms. The SMILES string of the molecule is Cn1cc(-c2cc3cnc(Nc4ccc(-c5cnccn5)cc4Cl)cc3n2C(=O)O)cn1. The topological polar surface area (TPSA) is 111 Å². The van der Waals surface area contributed by atoms with Crippen molar-refractivity contribution in [3.05, 3.63) is 72.5 Å². The van der Waals surface area contributed by atoms with E-state index in [1.54, 1.807) is 67.1 Å². The van der Waals surface area contributed by atoms with E-state index in [4.69, 9.17) is 11.6 Å². The number of aryl methyl sites for hydroxylation is 1. The number of rotatable bonds is 4. The third-order valence-electron chi connectivity index (χ3n) is 4.97. The van der Waals surface area contributed by atoms with Gasteiger partial charge in [0.15, 0.2) is 0 Å². The summed E-state index contributed by atoms with van der Waals surface area (Å²) in [5, 5.41) is 18.3. The molecule has 0 unspecified atom stereocenters. The molecule has 5 rings (SSSR count). The smallest absolute Gasteiger partial charge is 0.416 e. The highest BCUT2D eigenvalue weighted by atomic mass is 35.5. The molecule has 0 radical (unpaired) electrons. The molecule has 0 aliphatic heterocycles. The van der Waals surface area contributed by atoms with E-state index in [1.165, 1.54) is 4.57 Å². The van der Waals surface area contributed by atoms with E-state index < -0.39 is 6.09 Å². The van der Waals surface area contributed by atoms with Crippen LogP contribution in [-0.2, 0) is 7.05 Å². The second-order valence-electron chi connectivity index (χ2n) is 7.09. The number of carbonyl (C=O) groups is 1. The molecule has 10 heteroatoms. The van der Waals surface area contributed by atoms with Crippen LogP contribution in [-0.4, -0.2) is 40.5 Å². The number of fused-ring (bicyclic) bond motifs is 1. The summed E-state index contributed by atoms with van der Waals surface area (Å²) in [6.07, 6.45) is 8.80. The predicted molar refractivity (Wildman–Crippen MR) is 121 cm³/mol. The zero-order valence-corrected chi connectivity index (χ0v) is 17.5. The average Bonchev–Trinajstić information content (AvgIpc) is 3.39. The van der Waals surface area contributed by atoms with Gasteiger partial charge in [0, 0.05) is 54.4 Å². The zero-order valence-electron chi connectivity index (χ0n) is 16.8. The van der Waals surface area contributed by atoms with Crippen molar-refractivity contribution in [1.82, 2.24) is 29.3 Å². The molecule has 0 fully saturated rings. The fourth-order valence-electron chi connectivity index (χ4n) is 3.50. The Labute approximate surface area is 187 Å². The number of hydrogen-bond acceptors (Lipinski definition) is 6. The van der Waals surface area contributed by atoms with Crippen molar-refractivity contribution in [3.8, 4) is 22.5 Å². The minimum absolute atomic E-state index is 0.463. The van der Waals surface area contributed by atoms with Crippen LogP contribution in [0, 0.1) is 0 Å². The molecule has 0 aliphatic rings. The second kappa shape index (κ2) is 7.78. The normalized spacial score (nSPS) is 11.1. The zero-order chi connectivity index (χ0) is 22.2. The molecule has 0 aliphatic carbocycles. The maximum absolute atomic E-state index is 12.0. The molecule has 2 N–H and O–H groups in total. The number of halogens is 1. The van der Waals surface area contributed by atoms with Crippen LogP contribution in [0.4, 0.5) is 16.3 Å². The number of nitrogens with one attached hydrogen (secondary N) is 1. The van der Waals surface area contributed by atoms with Crippen molar-refractivity contribution < 1.29 is 9.90 Å². The Morgan fingerprint density at radius 3 is 2.62 bits per heavy atom. The quantitative estimate of drug-likeness (QED) is 0.408. The van der Waals surface area contributed by atoms with E-state index in [9.17, 15) is 9.90 Å². The third kappa shape index (κ3) is 3.54. The maximum atomic E-state index is 12.0. The van der Waals surface area contributed by atoms with Gasteiger partial charge in [0.1, 0.15) is 5.82 Å². The van der Waals surface area contributed by atoms with Crippen molar-refractivity contribution in [2.24, 2.45) is 7.05 Å². The van der Waals surface area contributed by atoms with Gasteiger partial charge in [0.05, 0.1) is 40.0 Å². The van der Waals surface area contributed by atoms with Crippen LogP contribution in [0.25, 0.3) is 33.4 Å². The molecule has 0 spiro atoms. The molecular formula is C22H16ClN7O2. The van der Waals surface area contributed by atoms with Crippen LogP contribution in [0.3, 0.4) is 0 Å². The number of benzene rings is 1. The number of aromatic nitrogens is 6.